The Labute approximate surface area is 110 Å². The number of hydrogen-bond acceptors (Lipinski definition) is 3. The van der Waals surface area contributed by atoms with Gasteiger partial charge in [0.05, 0.1) is 12.2 Å². The molecule has 98 valence electrons. The molecule has 0 aliphatic heterocycles. The number of unbranched alkanes of at least 4 members (excludes halogenated alkanes) is 2. The van der Waals surface area contributed by atoms with Crippen LogP contribution in [0, 0.1) is 0 Å². The van der Waals surface area contributed by atoms with Gasteiger partial charge in [0.25, 0.3) is 0 Å². The van der Waals surface area contributed by atoms with E-state index in [0.29, 0.717) is 13.0 Å². The molecule has 0 heterocycles. The first kappa shape index (κ1) is 16.2. The van der Waals surface area contributed by atoms with E-state index in [9.17, 15) is 9.59 Å². The maximum atomic E-state index is 11.5. The van der Waals surface area contributed by atoms with Crippen LogP contribution in [0.5, 0.6) is 0 Å². The van der Waals surface area contributed by atoms with Crippen LogP contribution in [0.3, 0.4) is 0 Å². The van der Waals surface area contributed by atoms with E-state index in [1.807, 2.05) is 13.8 Å². The zero-order valence-corrected chi connectivity index (χ0v) is 11.9. The smallest absolute Gasteiger partial charge is 0.345 e. The third kappa shape index (κ3) is 6.46. The van der Waals surface area contributed by atoms with Gasteiger partial charge in [-0.3, -0.25) is 0 Å². The van der Waals surface area contributed by atoms with Gasteiger partial charge in [-0.2, -0.15) is 0 Å². The van der Waals surface area contributed by atoms with Gasteiger partial charge in [0.1, 0.15) is 4.48 Å². The van der Waals surface area contributed by atoms with Crippen molar-refractivity contribution < 1.29 is 19.4 Å². The highest BCUT2D eigenvalue weighted by Crippen LogP contribution is 2.19. The molecule has 0 fully saturated rings. The Balaban J connectivity index is 4.57. The van der Waals surface area contributed by atoms with Gasteiger partial charge < -0.3 is 9.84 Å². The van der Waals surface area contributed by atoms with E-state index in [1.165, 1.54) is 0 Å². The molecule has 0 saturated heterocycles. The summed E-state index contributed by atoms with van der Waals surface area (Å²) in [4.78, 5) is 22.5. The van der Waals surface area contributed by atoms with Crippen molar-refractivity contribution in [3.05, 3.63) is 10.1 Å². The number of carboxylic acids is 1. The fourth-order valence-electron chi connectivity index (χ4n) is 1.16. The molecular formula is C12H19BrO4. The summed E-state index contributed by atoms with van der Waals surface area (Å²) < 4.78 is 4.98. The number of carbonyl (C=O) groups is 2. The molecule has 4 nitrogen and oxygen atoms in total. The van der Waals surface area contributed by atoms with Crippen LogP contribution in [0.25, 0.3) is 0 Å². The summed E-state index contributed by atoms with van der Waals surface area (Å²) in [7, 11) is 0. The fourth-order valence-corrected chi connectivity index (χ4v) is 1.64. The number of rotatable bonds is 8. The van der Waals surface area contributed by atoms with Crippen LogP contribution in [0.1, 0.15) is 46.0 Å². The lowest BCUT2D eigenvalue weighted by Crippen LogP contribution is -2.12. The highest BCUT2D eigenvalue weighted by atomic mass is 79.9. The molecule has 0 aliphatic rings. The lowest BCUT2D eigenvalue weighted by atomic mass is 10.1. The first-order valence-corrected chi connectivity index (χ1v) is 6.62. The highest BCUT2D eigenvalue weighted by molar-refractivity contribution is 9.12. The molecule has 0 unspecified atom stereocenters. The van der Waals surface area contributed by atoms with E-state index >= 15 is 0 Å². The van der Waals surface area contributed by atoms with Crippen LogP contribution in [0.2, 0.25) is 0 Å². The standard InChI is InChI=1S/C12H19BrO4/c1-3-5-7-9(11(14)15)10(13)12(16)17-8-6-4-2/h3-8H2,1-2H3,(H,14,15). The van der Waals surface area contributed by atoms with Crippen molar-refractivity contribution in [1.82, 2.24) is 0 Å². The van der Waals surface area contributed by atoms with Crippen molar-refractivity contribution in [3.8, 4) is 0 Å². The minimum absolute atomic E-state index is 0.0366. The van der Waals surface area contributed by atoms with Crippen LogP contribution in [-0.2, 0) is 14.3 Å². The normalized spacial score (nSPS) is 11.9. The second-order valence-electron chi connectivity index (χ2n) is 3.69. The number of carboxylic acid groups (broad SMARTS) is 1. The monoisotopic (exact) mass is 306 g/mol. The van der Waals surface area contributed by atoms with Crippen LogP contribution in [0.15, 0.2) is 10.1 Å². The summed E-state index contributed by atoms with van der Waals surface area (Å²) in [6, 6.07) is 0. The Morgan fingerprint density at radius 2 is 1.76 bits per heavy atom. The average Bonchev–Trinajstić information content (AvgIpc) is 2.29. The summed E-state index contributed by atoms with van der Waals surface area (Å²) >= 11 is 3.02. The van der Waals surface area contributed by atoms with Gasteiger partial charge in [-0.05, 0) is 35.2 Å². The molecule has 0 amide bonds. The van der Waals surface area contributed by atoms with Gasteiger partial charge in [0.2, 0.25) is 0 Å². The summed E-state index contributed by atoms with van der Waals surface area (Å²) in [5, 5.41) is 9.00. The molecule has 5 heteroatoms. The van der Waals surface area contributed by atoms with Crippen LogP contribution < -0.4 is 0 Å². The Kier molecular flexibility index (Phi) is 8.76. The van der Waals surface area contributed by atoms with Gasteiger partial charge in [-0.25, -0.2) is 9.59 Å². The molecule has 0 rings (SSSR count). The SMILES string of the molecule is CCCCOC(=O)C(Br)=C(CCCC)C(=O)O. The molecule has 0 aliphatic carbocycles. The maximum Gasteiger partial charge on any atom is 0.345 e. The van der Waals surface area contributed by atoms with Crippen molar-refractivity contribution in [2.24, 2.45) is 0 Å². The minimum atomic E-state index is -1.07. The minimum Gasteiger partial charge on any atom is -0.478 e. The predicted molar refractivity (Wildman–Crippen MR) is 69.0 cm³/mol. The van der Waals surface area contributed by atoms with E-state index in [4.69, 9.17) is 9.84 Å². The van der Waals surface area contributed by atoms with Crippen LogP contribution in [-0.4, -0.2) is 23.7 Å². The Hall–Kier alpha value is -0.840. The number of aliphatic carboxylic acids is 1. The van der Waals surface area contributed by atoms with Crippen molar-refractivity contribution in [2.75, 3.05) is 6.61 Å². The molecular weight excluding hydrogens is 288 g/mol. The molecule has 0 atom stereocenters. The number of carbonyl (C=O) groups excluding carboxylic acids is 1. The number of ether oxygens (including phenoxy) is 1. The van der Waals surface area contributed by atoms with Crippen molar-refractivity contribution in [3.63, 3.8) is 0 Å². The summed E-state index contributed by atoms with van der Waals surface area (Å²) in [5.41, 5.74) is 0.0911. The summed E-state index contributed by atoms with van der Waals surface area (Å²) in [6.45, 7) is 4.28. The number of esters is 1. The van der Waals surface area contributed by atoms with E-state index < -0.39 is 11.9 Å². The first-order valence-electron chi connectivity index (χ1n) is 5.83. The van der Waals surface area contributed by atoms with Crippen LogP contribution in [0.4, 0.5) is 0 Å². The topological polar surface area (TPSA) is 63.6 Å². The fraction of sp³-hybridized carbons (Fsp3) is 0.667. The largest absolute Gasteiger partial charge is 0.478 e. The third-order valence-corrected chi connectivity index (χ3v) is 3.02. The van der Waals surface area contributed by atoms with Crippen molar-refractivity contribution in [2.45, 2.75) is 46.0 Å². The lowest BCUT2D eigenvalue weighted by Gasteiger charge is -2.07. The van der Waals surface area contributed by atoms with Gasteiger partial charge >= 0.3 is 11.9 Å². The van der Waals surface area contributed by atoms with Crippen LogP contribution >= 0.6 is 15.9 Å². The van der Waals surface area contributed by atoms with Crippen molar-refractivity contribution >= 4 is 27.9 Å². The maximum absolute atomic E-state index is 11.5. The van der Waals surface area contributed by atoms with Crippen molar-refractivity contribution in [1.29, 1.82) is 0 Å². The van der Waals surface area contributed by atoms with E-state index in [2.05, 4.69) is 15.9 Å². The zero-order valence-electron chi connectivity index (χ0n) is 10.3. The second-order valence-corrected chi connectivity index (χ2v) is 4.48. The number of halogens is 1. The molecule has 0 saturated carbocycles. The molecule has 0 aromatic carbocycles. The Morgan fingerprint density at radius 3 is 2.24 bits per heavy atom. The van der Waals surface area contributed by atoms with Gasteiger partial charge in [-0.1, -0.05) is 26.7 Å². The van der Waals surface area contributed by atoms with Gasteiger partial charge in [0, 0.05) is 0 Å². The highest BCUT2D eigenvalue weighted by Gasteiger charge is 2.18. The molecule has 0 radical (unpaired) electrons. The Bertz CT molecular complexity index is 297. The van der Waals surface area contributed by atoms with Gasteiger partial charge in [-0.15, -0.1) is 0 Å². The second kappa shape index (κ2) is 9.22. The quantitative estimate of drug-likeness (QED) is 0.425. The molecule has 0 bridgehead atoms. The Morgan fingerprint density at radius 1 is 1.18 bits per heavy atom. The first-order chi connectivity index (χ1) is 8.04. The summed E-state index contributed by atoms with van der Waals surface area (Å²) in [5.74, 6) is -1.66. The molecule has 1 N–H and O–H groups in total. The van der Waals surface area contributed by atoms with E-state index in [1.54, 1.807) is 0 Å². The van der Waals surface area contributed by atoms with E-state index in [0.717, 1.165) is 25.7 Å². The number of hydrogen-bond donors (Lipinski definition) is 1. The third-order valence-electron chi connectivity index (χ3n) is 2.21. The molecule has 0 aromatic heterocycles. The average molecular weight is 307 g/mol. The molecule has 17 heavy (non-hydrogen) atoms. The molecule has 0 spiro atoms. The predicted octanol–water partition coefficient (Wildman–Crippen LogP) is 3.25. The zero-order chi connectivity index (χ0) is 13.3. The lowest BCUT2D eigenvalue weighted by molar-refractivity contribution is -0.139. The molecule has 0 aromatic rings. The van der Waals surface area contributed by atoms with E-state index in [-0.39, 0.29) is 10.1 Å². The van der Waals surface area contributed by atoms with Gasteiger partial charge in [0.15, 0.2) is 0 Å². The summed E-state index contributed by atoms with van der Waals surface area (Å²) in [6.07, 6.45) is 3.69.